The van der Waals surface area contributed by atoms with E-state index < -0.39 is 0 Å². The minimum Gasteiger partial charge on any atom is -0.469 e. The maximum Gasteiger partial charge on any atom is 0.307 e. The second-order valence-electron chi connectivity index (χ2n) is 4.83. The van der Waals surface area contributed by atoms with Crippen molar-refractivity contribution in [3.05, 3.63) is 35.9 Å². The van der Waals surface area contributed by atoms with Gasteiger partial charge >= 0.3 is 5.97 Å². The van der Waals surface area contributed by atoms with Gasteiger partial charge in [0.2, 0.25) is 0 Å². The lowest BCUT2D eigenvalue weighted by molar-refractivity contribution is -0.141. The van der Waals surface area contributed by atoms with E-state index >= 15 is 0 Å². The highest BCUT2D eigenvalue weighted by Gasteiger charge is 2.14. The van der Waals surface area contributed by atoms with Crippen molar-refractivity contribution >= 4 is 5.97 Å². The molecule has 0 saturated heterocycles. The van der Waals surface area contributed by atoms with Crippen LogP contribution in [-0.4, -0.2) is 25.7 Å². The summed E-state index contributed by atoms with van der Waals surface area (Å²) >= 11 is 0. The highest BCUT2D eigenvalue weighted by Crippen LogP contribution is 2.07. The van der Waals surface area contributed by atoms with Crippen molar-refractivity contribution in [1.82, 2.24) is 5.32 Å². The van der Waals surface area contributed by atoms with Gasteiger partial charge in [-0.25, -0.2) is 0 Å². The Morgan fingerprint density at radius 1 is 1.26 bits per heavy atom. The SMILES string of the molecule is CCCCCNC(CC(=O)OC)Cc1ccccc1. The van der Waals surface area contributed by atoms with Gasteiger partial charge in [0.15, 0.2) is 0 Å². The van der Waals surface area contributed by atoms with E-state index in [9.17, 15) is 4.79 Å². The zero-order valence-electron chi connectivity index (χ0n) is 12.0. The summed E-state index contributed by atoms with van der Waals surface area (Å²) in [6, 6.07) is 10.4. The molecular weight excluding hydrogens is 238 g/mol. The average Bonchev–Trinajstić information content (AvgIpc) is 2.44. The lowest BCUT2D eigenvalue weighted by atomic mass is 10.0. The number of hydrogen-bond acceptors (Lipinski definition) is 3. The summed E-state index contributed by atoms with van der Waals surface area (Å²) in [6.45, 7) is 3.15. The molecule has 0 aromatic heterocycles. The van der Waals surface area contributed by atoms with Gasteiger partial charge in [-0.15, -0.1) is 0 Å². The first kappa shape index (κ1) is 15.7. The Bertz CT molecular complexity index is 351. The standard InChI is InChI=1S/C16H25NO2/c1-3-4-8-11-17-15(13-16(18)19-2)12-14-9-6-5-7-10-14/h5-7,9-10,15,17H,3-4,8,11-13H2,1-2H3. The first-order chi connectivity index (χ1) is 9.26. The van der Waals surface area contributed by atoms with Crippen molar-refractivity contribution in [2.45, 2.75) is 45.1 Å². The number of benzene rings is 1. The number of hydrogen-bond donors (Lipinski definition) is 1. The number of carbonyl (C=O) groups is 1. The first-order valence-corrected chi connectivity index (χ1v) is 7.10. The van der Waals surface area contributed by atoms with Crippen LogP contribution in [0, 0.1) is 0 Å². The molecule has 1 unspecified atom stereocenters. The Labute approximate surface area is 116 Å². The Balaban J connectivity index is 2.46. The van der Waals surface area contributed by atoms with E-state index in [1.165, 1.54) is 25.5 Å². The highest BCUT2D eigenvalue weighted by molar-refractivity contribution is 5.69. The summed E-state index contributed by atoms with van der Waals surface area (Å²) in [5.74, 6) is -0.149. The zero-order chi connectivity index (χ0) is 13.9. The molecule has 0 aliphatic heterocycles. The Morgan fingerprint density at radius 2 is 2.00 bits per heavy atom. The highest BCUT2D eigenvalue weighted by atomic mass is 16.5. The molecule has 0 radical (unpaired) electrons. The minimum absolute atomic E-state index is 0.149. The summed E-state index contributed by atoms with van der Waals surface area (Å²) in [7, 11) is 1.44. The van der Waals surface area contributed by atoms with Gasteiger partial charge in [-0.2, -0.15) is 0 Å². The largest absolute Gasteiger partial charge is 0.469 e. The average molecular weight is 263 g/mol. The van der Waals surface area contributed by atoms with Crippen molar-refractivity contribution in [2.75, 3.05) is 13.7 Å². The van der Waals surface area contributed by atoms with Crippen molar-refractivity contribution in [3.8, 4) is 0 Å². The van der Waals surface area contributed by atoms with E-state index in [-0.39, 0.29) is 12.0 Å². The topological polar surface area (TPSA) is 38.3 Å². The number of nitrogens with one attached hydrogen (secondary N) is 1. The molecule has 0 spiro atoms. The maximum atomic E-state index is 11.4. The molecule has 0 heterocycles. The number of esters is 1. The molecule has 106 valence electrons. The molecule has 1 aromatic carbocycles. The Kier molecular flexibility index (Phi) is 7.91. The van der Waals surface area contributed by atoms with E-state index in [0.717, 1.165) is 19.4 Å². The van der Waals surface area contributed by atoms with Crippen LogP contribution < -0.4 is 5.32 Å². The summed E-state index contributed by atoms with van der Waals surface area (Å²) in [5.41, 5.74) is 1.25. The third-order valence-electron chi connectivity index (χ3n) is 3.18. The summed E-state index contributed by atoms with van der Waals surface area (Å²) in [5, 5.41) is 3.47. The molecule has 1 N–H and O–H groups in total. The van der Waals surface area contributed by atoms with E-state index in [2.05, 4.69) is 24.4 Å². The fourth-order valence-corrected chi connectivity index (χ4v) is 2.08. The van der Waals surface area contributed by atoms with Crippen LogP contribution in [0.25, 0.3) is 0 Å². The fraction of sp³-hybridized carbons (Fsp3) is 0.562. The zero-order valence-corrected chi connectivity index (χ0v) is 12.0. The smallest absolute Gasteiger partial charge is 0.307 e. The molecule has 0 aliphatic carbocycles. The number of methoxy groups -OCH3 is 1. The maximum absolute atomic E-state index is 11.4. The number of unbranched alkanes of at least 4 members (excludes halogenated alkanes) is 2. The molecule has 0 fully saturated rings. The van der Waals surface area contributed by atoms with Crippen molar-refractivity contribution in [1.29, 1.82) is 0 Å². The fourth-order valence-electron chi connectivity index (χ4n) is 2.08. The normalized spacial score (nSPS) is 12.1. The number of ether oxygens (including phenoxy) is 1. The molecule has 0 bridgehead atoms. The van der Waals surface area contributed by atoms with Gasteiger partial charge in [0.25, 0.3) is 0 Å². The Hall–Kier alpha value is -1.35. The quantitative estimate of drug-likeness (QED) is 0.550. The lowest BCUT2D eigenvalue weighted by Gasteiger charge is -2.17. The molecule has 19 heavy (non-hydrogen) atoms. The molecular formula is C16H25NO2. The van der Waals surface area contributed by atoms with Crippen LogP contribution in [0.15, 0.2) is 30.3 Å². The van der Waals surface area contributed by atoms with Gasteiger partial charge in [-0.05, 0) is 24.9 Å². The van der Waals surface area contributed by atoms with E-state index in [1.54, 1.807) is 0 Å². The van der Waals surface area contributed by atoms with Gasteiger partial charge < -0.3 is 10.1 Å². The van der Waals surface area contributed by atoms with Crippen LogP contribution in [0.1, 0.15) is 38.2 Å². The van der Waals surface area contributed by atoms with Crippen LogP contribution in [-0.2, 0) is 16.0 Å². The molecule has 1 rings (SSSR count). The summed E-state index contributed by atoms with van der Waals surface area (Å²) < 4.78 is 4.77. The lowest BCUT2D eigenvalue weighted by Crippen LogP contribution is -2.34. The van der Waals surface area contributed by atoms with E-state index in [1.807, 2.05) is 18.2 Å². The van der Waals surface area contributed by atoms with Gasteiger partial charge in [0.05, 0.1) is 13.5 Å². The summed E-state index contributed by atoms with van der Waals surface area (Å²) in [4.78, 5) is 11.4. The van der Waals surface area contributed by atoms with Crippen LogP contribution in [0.5, 0.6) is 0 Å². The molecule has 3 heteroatoms. The second-order valence-corrected chi connectivity index (χ2v) is 4.83. The van der Waals surface area contributed by atoms with Crippen molar-refractivity contribution in [3.63, 3.8) is 0 Å². The Morgan fingerprint density at radius 3 is 2.63 bits per heavy atom. The second kappa shape index (κ2) is 9.56. The monoisotopic (exact) mass is 263 g/mol. The van der Waals surface area contributed by atoms with E-state index in [4.69, 9.17) is 4.74 Å². The number of carbonyl (C=O) groups excluding carboxylic acids is 1. The van der Waals surface area contributed by atoms with Crippen LogP contribution in [0.2, 0.25) is 0 Å². The van der Waals surface area contributed by atoms with Crippen LogP contribution in [0.4, 0.5) is 0 Å². The third-order valence-corrected chi connectivity index (χ3v) is 3.18. The van der Waals surface area contributed by atoms with Crippen LogP contribution >= 0.6 is 0 Å². The van der Waals surface area contributed by atoms with Gasteiger partial charge in [0.1, 0.15) is 0 Å². The minimum atomic E-state index is -0.149. The van der Waals surface area contributed by atoms with Gasteiger partial charge in [-0.3, -0.25) is 4.79 Å². The first-order valence-electron chi connectivity index (χ1n) is 7.10. The van der Waals surface area contributed by atoms with Crippen molar-refractivity contribution < 1.29 is 9.53 Å². The molecule has 0 aliphatic rings. The van der Waals surface area contributed by atoms with Gasteiger partial charge in [0, 0.05) is 6.04 Å². The predicted molar refractivity (Wildman–Crippen MR) is 78.1 cm³/mol. The summed E-state index contributed by atoms with van der Waals surface area (Å²) in [6.07, 6.45) is 4.88. The van der Waals surface area contributed by atoms with Gasteiger partial charge in [-0.1, -0.05) is 50.1 Å². The molecule has 3 nitrogen and oxygen atoms in total. The number of rotatable bonds is 9. The molecule has 1 atom stereocenters. The third kappa shape index (κ3) is 6.97. The van der Waals surface area contributed by atoms with Crippen LogP contribution in [0.3, 0.4) is 0 Å². The van der Waals surface area contributed by atoms with Crippen molar-refractivity contribution in [2.24, 2.45) is 0 Å². The molecule has 1 aromatic rings. The molecule has 0 saturated carbocycles. The van der Waals surface area contributed by atoms with E-state index in [0.29, 0.717) is 6.42 Å². The molecule has 0 amide bonds. The predicted octanol–water partition coefficient (Wildman–Crippen LogP) is 2.94.